The molecule has 368 valence electrons. The van der Waals surface area contributed by atoms with Gasteiger partial charge in [-0.05, 0) is 103 Å². The summed E-state index contributed by atoms with van der Waals surface area (Å²) in [5.74, 6) is -0.906. The van der Waals surface area contributed by atoms with Crippen LogP contribution >= 0.6 is 0 Å². The van der Waals surface area contributed by atoms with E-state index in [0.717, 1.165) is 103 Å². The lowest BCUT2D eigenvalue weighted by Gasteiger charge is -2.18. The second-order valence-electron chi connectivity index (χ2n) is 17.7. The van der Waals surface area contributed by atoms with Gasteiger partial charge >= 0.3 is 17.9 Å². The van der Waals surface area contributed by atoms with Gasteiger partial charge in [-0.3, -0.25) is 14.4 Å². The van der Waals surface area contributed by atoms with E-state index >= 15 is 0 Å². The van der Waals surface area contributed by atoms with Gasteiger partial charge in [0.15, 0.2) is 6.10 Å². The molecule has 0 heterocycles. The monoisotopic (exact) mass is 893 g/mol. The van der Waals surface area contributed by atoms with Gasteiger partial charge in [0.05, 0.1) is 0 Å². The number of carbonyl (C=O) groups is 3. The average Bonchev–Trinajstić information content (AvgIpc) is 3.29. The van der Waals surface area contributed by atoms with Crippen LogP contribution < -0.4 is 0 Å². The first kappa shape index (κ1) is 60.9. The molecule has 0 radical (unpaired) electrons. The van der Waals surface area contributed by atoms with Crippen molar-refractivity contribution in [3.05, 3.63) is 72.9 Å². The molecule has 0 N–H and O–H groups in total. The molecule has 0 aromatic carbocycles. The van der Waals surface area contributed by atoms with E-state index in [1.165, 1.54) is 116 Å². The Kier molecular flexibility index (Phi) is 49.9. The molecule has 6 nitrogen and oxygen atoms in total. The molecule has 0 bridgehead atoms. The molecule has 0 aliphatic heterocycles. The minimum atomic E-state index is -0.785. The smallest absolute Gasteiger partial charge is 0.306 e. The summed E-state index contributed by atoms with van der Waals surface area (Å²) in [4.78, 5) is 38.0. The van der Waals surface area contributed by atoms with Crippen molar-refractivity contribution in [2.24, 2.45) is 0 Å². The minimum absolute atomic E-state index is 0.0843. The van der Waals surface area contributed by atoms with Gasteiger partial charge in [-0.15, -0.1) is 0 Å². The van der Waals surface area contributed by atoms with E-state index in [2.05, 4.69) is 93.7 Å². The number of ether oxygens (including phenoxy) is 3. The second-order valence-corrected chi connectivity index (χ2v) is 17.7. The van der Waals surface area contributed by atoms with Crippen molar-refractivity contribution in [2.75, 3.05) is 13.2 Å². The average molecular weight is 893 g/mol. The number of esters is 3. The molecule has 0 aromatic rings. The SMILES string of the molecule is CC/C=C\C/C=C\C/C=C\CCCCCCCCCC(=O)OC(COC(=O)CCCCCCC/C=C\CCC)COC(=O)CCCCCCCCCCC/C=C\C/C=C\CCCCC. The summed E-state index contributed by atoms with van der Waals surface area (Å²) in [7, 11) is 0. The number of rotatable bonds is 48. The fourth-order valence-corrected chi connectivity index (χ4v) is 7.37. The molecule has 0 aliphatic carbocycles. The first-order chi connectivity index (χ1) is 31.5. The van der Waals surface area contributed by atoms with Crippen molar-refractivity contribution in [2.45, 2.75) is 264 Å². The van der Waals surface area contributed by atoms with E-state index in [1.54, 1.807) is 0 Å². The van der Waals surface area contributed by atoms with Gasteiger partial charge in [0.1, 0.15) is 13.2 Å². The summed E-state index contributed by atoms with van der Waals surface area (Å²) in [6.45, 7) is 6.43. The molecule has 64 heavy (non-hydrogen) atoms. The molecule has 0 rings (SSSR count). The Hall–Kier alpha value is -3.15. The zero-order chi connectivity index (χ0) is 46.5. The molecule has 1 atom stereocenters. The van der Waals surface area contributed by atoms with E-state index in [1.807, 2.05) is 0 Å². The van der Waals surface area contributed by atoms with Crippen LogP contribution in [0.5, 0.6) is 0 Å². The Morgan fingerprint density at radius 2 is 0.641 bits per heavy atom. The first-order valence-corrected chi connectivity index (χ1v) is 26.9. The highest BCUT2D eigenvalue weighted by molar-refractivity contribution is 5.71. The molecule has 0 fully saturated rings. The molecule has 0 aromatic heterocycles. The van der Waals surface area contributed by atoms with Crippen LogP contribution in [0.25, 0.3) is 0 Å². The molecule has 0 amide bonds. The summed E-state index contributed by atoms with van der Waals surface area (Å²) in [5, 5.41) is 0. The van der Waals surface area contributed by atoms with Crippen LogP contribution in [0.1, 0.15) is 258 Å². The van der Waals surface area contributed by atoms with E-state index in [4.69, 9.17) is 14.2 Å². The largest absolute Gasteiger partial charge is 0.462 e. The molecule has 1 unspecified atom stereocenters. The lowest BCUT2D eigenvalue weighted by molar-refractivity contribution is -0.167. The van der Waals surface area contributed by atoms with Gasteiger partial charge in [0.25, 0.3) is 0 Å². The second kappa shape index (κ2) is 52.5. The Balaban J connectivity index is 4.34. The van der Waals surface area contributed by atoms with Crippen LogP contribution in [0, 0.1) is 0 Å². The molecule has 0 spiro atoms. The Morgan fingerprint density at radius 3 is 1.03 bits per heavy atom. The normalized spacial score (nSPS) is 12.6. The van der Waals surface area contributed by atoms with Gasteiger partial charge in [0, 0.05) is 19.3 Å². The lowest BCUT2D eigenvalue weighted by atomic mass is 10.1. The fourth-order valence-electron chi connectivity index (χ4n) is 7.37. The first-order valence-electron chi connectivity index (χ1n) is 26.9. The van der Waals surface area contributed by atoms with Crippen LogP contribution in [-0.4, -0.2) is 37.2 Å². The van der Waals surface area contributed by atoms with Crippen molar-refractivity contribution in [3.8, 4) is 0 Å². The summed E-state index contributed by atoms with van der Waals surface area (Å²) < 4.78 is 16.8. The van der Waals surface area contributed by atoms with E-state index in [0.29, 0.717) is 19.3 Å². The summed E-state index contributed by atoms with van der Waals surface area (Å²) in [5.41, 5.74) is 0. The van der Waals surface area contributed by atoms with Crippen molar-refractivity contribution >= 4 is 17.9 Å². The highest BCUT2D eigenvalue weighted by atomic mass is 16.6. The Labute approximate surface area is 395 Å². The Morgan fingerprint density at radius 1 is 0.328 bits per heavy atom. The van der Waals surface area contributed by atoms with Crippen molar-refractivity contribution in [3.63, 3.8) is 0 Å². The topological polar surface area (TPSA) is 78.9 Å². The van der Waals surface area contributed by atoms with Crippen LogP contribution in [-0.2, 0) is 28.6 Å². The number of hydrogen-bond acceptors (Lipinski definition) is 6. The van der Waals surface area contributed by atoms with Crippen LogP contribution in [0.15, 0.2) is 72.9 Å². The summed E-state index contributed by atoms with van der Waals surface area (Å²) >= 11 is 0. The maximum absolute atomic E-state index is 12.8. The third kappa shape index (κ3) is 49.9. The van der Waals surface area contributed by atoms with Crippen LogP contribution in [0.2, 0.25) is 0 Å². The predicted octanol–water partition coefficient (Wildman–Crippen LogP) is 17.8. The van der Waals surface area contributed by atoms with Crippen molar-refractivity contribution in [1.29, 1.82) is 0 Å². The van der Waals surface area contributed by atoms with Gasteiger partial charge < -0.3 is 14.2 Å². The van der Waals surface area contributed by atoms with Gasteiger partial charge in [-0.25, -0.2) is 0 Å². The van der Waals surface area contributed by atoms with Crippen LogP contribution in [0.4, 0.5) is 0 Å². The predicted molar refractivity (Wildman–Crippen MR) is 274 cm³/mol. The van der Waals surface area contributed by atoms with Gasteiger partial charge in [-0.2, -0.15) is 0 Å². The van der Waals surface area contributed by atoms with E-state index < -0.39 is 6.10 Å². The van der Waals surface area contributed by atoms with Gasteiger partial charge in [-0.1, -0.05) is 209 Å². The number of allylic oxidation sites excluding steroid dienone is 12. The van der Waals surface area contributed by atoms with E-state index in [-0.39, 0.29) is 31.1 Å². The molecular weight excluding hydrogens is 793 g/mol. The number of hydrogen-bond donors (Lipinski definition) is 0. The maximum Gasteiger partial charge on any atom is 0.306 e. The zero-order valence-electron chi connectivity index (χ0n) is 42.0. The molecule has 0 aliphatic rings. The van der Waals surface area contributed by atoms with Crippen molar-refractivity contribution in [1.82, 2.24) is 0 Å². The van der Waals surface area contributed by atoms with Crippen molar-refractivity contribution < 1.29 is 28.6 Å². The summed E-state index contributed by atoms with van der Waals surface area (Å²) in [6, 6.07) is 0. The zero-order valence-corrected chi connectivity index (χ0v) is 42.0. The van der Waals surface area contributed by atoms with Gasteiger partial charge in [0.2, 0.25) is 0 Å². The number of unbranched alkanes of at least 4 members (excludes halogenated alkanes) is 25. The highest BCUT2D eigenvalue weighted by Gasteiger charge is 2.19. The van der Waals surface area contributed by atoms with Crippen LogP contribution in [0.3, 0.4) is 0 Å². The summed E-state index contributed by atoms with van der Waals surface area (Å²) in [6.07, 6.45) is 66.0. The van der Waals surface area contributed by atoms with E-state index in [9.17, 15) is 14.4 Å². The third-order valence-electron chi connectivity index (χ3n) is 11.4. The highest BCUT2D eigenvalue weighted by Crippen LogP contribution is 2.15. The molecule has 0 saturated heterocycles. The molecule has 0 saturated carbocycles. The lowest BCUT2D eigenvalue weighted by Crippen LogP contribution is -2.30. The molecular formula is C58H100O6. The number of carbonyl (C=O) groups excluding carboxylic acids is 3. The third-order valence-corrected chi connectivity index (χ3v) is 11.4. The maximum atomic E-state index is 12.8. The standard InChI is InChI=1S/C58H100O6/c1-4-7-10-13-16-19-22-24-26-28-29-31-32-34-36-39-42-45-48-51-57(60)63-54-55(53-62-56(59)50-47-44-41-38-21-18-15-12-9-6-3)64-58(61)52-49-46-43-40-37-35-33-30-27-25-23-20-17-14-11-8-5-2/h8,11-12,15-17,19-20,24-27,55H,4-7,9-10,13-14,18,21-23,28-54H2,1-3H3/b11-8-,15-12-,19-16-,20-17-,26-24-,27-25-. The molecule has 6 heteroatoms. The minimum Gasteiger partial charge on any atom is -0.462 e. The fraction of sp³-hybridized carbons (Fsp3) is 0.741. The Bertz CT molecular complexity index is 1210. The quantitative estimate of drug-likeness (QED) is 0.0262.